The van der Waals surface area contributed by atoms with Crippen molar-refractivity contribution in [3.8, 4) is 10.6 Å². The summed E-state index contributed by atoms with van der Waals surface area (Å²) in [7, 11) is 2.08. The van der Waals surface area contributed by atoms with Crippen molar-refractivity contribution in [2.24, 2.45) is 5.92 Å². The van der Waals surface area contributed by atoms with Gasteiger partial charge in [-0.25, -0.2) is 9.97 Å². The van der Waals surface area contributed by atoms with Crippen LogP contribution in [-0.4, -0.2) is 51.1 Å². The third-order valence-corrected chi connectivity index (χ3v) is 5.57. The molecule has 7 nitrogen and oxygen atoms in total. The van der Waals surface area contributed by atoms with Gasteiger partial charge in [0, 0.05) is 23.1 Å². The van der Waals surface area contributed by atoms with Crippen molar-refractivity contribution in [3.63, 3.8) is 0 Å². The highest BCUT2D eigenvalue weighted by atomic mass is 32.1. The maximum Gasteiger partial charge on any atom is 0.229 e. The van der Waals surface area contributed by atoms with Crippen LogP contribution in [0.25, 0.3) is 21.5 Å². The average Bonchev–Trinajstić information content (AvgIpc) is 3.08. The Hall–Kier alpha value is -2.45. The molecule has 0 saturated carbocycles. The number of nitrogens with one attached hydrogen (secondary N) is 1. The number of carbonyl (C=O) groups excluding carboxylic acids is 1. The molecule has 1 saturated heterocycles. The molecule has 4 rings (SSSR count). The number of hydrogen-bond donors (Lipinski definition) is 1. The van der Waals surface area contributed by atoms with Crippen LogP contribution >= 0.6 is 11.3 Å². The number of likely N-dealkylation sites (tertiary alicyclic amines) is 1. The standard InChI is InChI=1S/C18H20N6OS/c1-11-22-23-17(26-11)13-3-4-14-10-19-18(20-15(14)9-13)21-16(25)12-5-7-24(2)8-6-12/h3-4,9-10,12H,5-8H2,1-2H3,(H,19,20,21,25). The molecule has 26 heavy (non-hydrogen) atoms. The predicted molar refractivity (Wildman–Crippen MR) is 102 cm³/mol. The van der Waals surface area contributed by atoms with E-state index >= 15 is 0 Å². The molecule has 1 aliphatic rings. The molecular formula is C18H20N6OS. The first-order valence-corrected chi connectivity index (χ1v) is 9.47. The molecule has 0 spiro atoms. The summed E-state index contributed by atoms with van der Waals surface area (Å²) < 4.78 is 0. The minimum atomic E-state index is 0.00773. The van der Waals surface area contributed by atoms with E-state index in [9.17, 15) is 4.79 Å². The number of anilines is 1. The Morgan fingerprint density at radius 2 is 2.08 bits per heavy atom. The first kappa shape index (κ1) is 17.0. The maximum absolute atomic E-state index is 12.5. The fraction of sp³-hybridized carbons (Fsp3) is 0.389. The summed E-state index contributed by atoms with van der Waals surface area (Å²) in [4.78, 5) is 23.5. The number of aryl methyl sites for hydroxylation is 1. The molecule has 0 unspecified atom stereocenters. The van der Waals surface area contributed by atoms with Crippen LogP contribution < -0.4 is 5.32 Å². The second-order valence-electron chi connectivity index (χ2n) is 6.66. The summed E-state index contributed by atoms with van der Waals surface area (Å²) in [5.41, 5.74) is 1.75. The zero-order valence-corrected chi connectivity index (χ0v) is 15.6. The zero-order chi connectivity index (χ0) is 18.1. The zero-order valence-electron chi connectivity index (χ0n) is 14.8. The largest absolute Gasteiger partial charge is 0.306 e. The molecule has 8 heteroatoms. The number of nitrogens with zero attached hydrogens (tertiary/aromatic N) is 5. The molecule has 0 aliphatic carbocycles. The Bertz CT molecular complexity index is 948. The topological polar surface area (TPSA) is 83.9 Å². The average molecular weight is 368 g/mol. The summed E-state index contributed by atoms with van der Waals surface area (Å²) in [6, 6.07) is 5.91. The number of rotatable bonds is 3. The number of hydrogen-bond acceptors (Lipinski definition) is 7. The van der Waals surface area contributed by atoms with E-state index in [4.69, 9.17) is 0 Å². The van der Waals surface area contributed by atoms with Gasteiger partial charge in [-0.3, -0.25) is 10.1 Å². The van der Waals surface area contributed by atoms with Gasteiger partial charge in [0.15, 0.2) is 0 Å². The van der Waals surface area contributed by atoms with E-state index in [0.717, 1.165) is 52.4 Å². The van der Waals surface area contributed by atoms with Gasteiger partial charge in [-0.15, -0.1) is 10.2 Å². The molecule has 3 aromatic rings. The van der Waals surface area contributed by atoms with Crippen molar-refractivity contribution in [1.29, 1.82) is 0 Å². The van der Waals surface area contributed by atoms with Crippen LogP contribution in [0.5, 0.6) is 0 Å². The van der Waals surface area contributed by atoms with Crippen LogP contribution in [0.2, 0.25) is 0 Å². The second kappa shape index (κ2) is 7.05. The van der Waals surface area contributed by atoms with Crippen LogP contribution in [0, 0.1) is 12.8 Å². The smallest absolute Gasteiger partial charge is 0.229 e. The van der Waals surface area contributed by atoms with Crippen molar-refractivity contribution in [2.75, 3.05) is 25.5 Å². The molecular weight excluding hydrogens is 348 g/mol. The first-order chi connectivity index (χ1) is 12.6. The molecule has 1 N–H and O–H groups in total. The Balaban J connectivity index is 1.55. The van der Waals surface area contributed by atoms with Crippen molar-refractivity contribution in [2.45, 2.75) is 19.8 Å². The van der Waals surface area contributed by atoms with Crippen LogP contribution in [-0.2, 0) is 4.79 Å². The number of piperidine rings is 1. The first-order valence-electron chi connectivity index (χ1n) is 8.65. The fourth-order valence-electron chi connectivity index (χ4n) is 3.11. The lowest BCUT2D eigenvalue weighted by Gasteiger charge is -2.27. The molecule has 1 fully saturated rings. The Morgan fingerprint density at radius 1 is 1.27 bits per heavy atom. The molecule has 1 aliphatic heterocycles. The molecule has 134 valence electrons. The minimum Gasteiger partial charge on any atom is -0.306 e. The quantitative estimate of drug-likeness (QED) is 0.765. The molecule has 0 bridgehead atoms. The van der Waals surface area contributed by atoms with Crippen LogP contribution in [0.15, 0.2) is 24.4 Å². The van der Waals surface area contributed by atoms with E-state index in [1.165, 1.54) is 0 Å². The van der Waals surface area contributed by atoms with Gasteiger partial charge in [-0.2, -0.15) is 0 Å². The van der Waals surface area contributed by atoms with Gasteiger partial charge in [0.1, 0.15) is 10.0 Å². The maximum atomic E-state index is 12.5. The van der Waals surface area contributed by atoms with Crippen LogP contribution in [0.3, 0.4) is 0 Å². The Kier molecular flexibility index (Phi) is 4.60. The monoisotopic (exact) mass is 368 g/mol. The van der Waals surface area contributed by atoms with Gasteiger partial charge in [-0.1, -0.05) is 23.5 Å². The van der Waals surface area contributed by atoms with Crippen molar-refractivity contribution < 1.29 is 4.79 Å². The summed E-state index contributed by atoms with van der Waals surface area (Å²) >= 11 is 1.54. The Morgan fingerprint density at radius 3 is 2.81 bits per heavy atom. The molecule has 0 radical (unpaired) electrons. The van der Waals surface area contributed by atoms with E-state index in [-0.39, 0.29) is 11.8 Å². The Labute approximate surface area is 155 Å². The lowest BCUT2D eigenvalue weighted by atomic mass is 9.96. The highest BCUT2D eigenvalue weighted by Crippen LogP contribution is 2.26. The highest BCUT2D eigenvalue weighted by molar-refractivity contribution is 7.14. The van der Waals surface area contributed by atoms with Crippen LogP contribution in [0.1, 0.15) is 17.8 Å². The third-order valence-electron chi connectivity index (χ3n) is 4.68. The van der Waals surface area contributed by atoms with Crippen molar-refractivity contribution in [3.05, 3.63) is 29.4 Å². The molecule has 1 amide bonds. The van der Waals surface area contributed by atoms with Crippen molar-refractivity contribution >= 4 is 34.1 Å². The second-order valence-corrected chi connectivity index (χ2v) is 7.84. The molecule has 0 atom stereocenters. The molecule has 1 aromatic carbocycles. The van der Waals surface area contributed by atoms with Gasteiger partial charge in [-0.05, 0) is 46.0 Å². The number of benzene rings is 1. The van der Waals surface area contributed by atoms with Gasteiger partial charge in [0.25, 0.3) is 0 Å². The molecule has 2 aromatic heterocycles. The van der Waals surface area contributed by atoms with E-state index in [1.54, 1.807) is 17.5 Å². The van der Waals surface area contributed by atoms with Crippen LogP contribution in [0.4, 0.5) is 5.95 Å². The summed E-state index contributed by atoms with van der Waals surface area (Å²) in [6.07, 6.45) is 3.48. The van der Waals surface area contributed by atoms with Crippen molar-refractivity contribution in [1.82, 2.24) is 25.1 Å². The number of fused-ring (bicyclic) bond motifs is 1. The normalized spacial score (nSPS) is 16.1. The summed E-state index contributed by atoms with van der Waals surface area (Å²) in [5, 5.41) is 13.8. The van der Waals surface area contributed by atoms with Gasteiger partial charge in [0.2, 0.25) is 11.9 Å². The summed E-state index contributed by atoms with van der Waals surface area (Å²) in [5.74, 6) is 0.390. The lowest BCUT2D eigenvalue weighted by molar-refractivity contribution is -0.121. The van der Waals surface area contributed by atoms with E-state index in [2.05, 4.69) is 37.4 Å². The minimum absolute atomic E-state index is 0.00773. The third kappa shape index (κ3) is 3.56. The SMILES string of the molecule is Cc1nnc(-c2ccc3cnc(NC(=O)C4CCN(C)CC4)nc3c2)s1. The van der Waals surface area contributed by atoms with Gasteiger partial charge >= 0.3 is 0 Å². The van der Waals surface area contributed by atoms with Gasteiger partial charge in [0.05, 0.1) is 5.52 Å². The van der Waals surface area contributed by atoms with E-state index in [0.29, 0.717) is 5.95 Å². The summed E-state index contributed by atoms with van der Waals surface area (Å²) in [6.45, 7) is 3.82. The molecule has 3 heterocycles. The van der Waals surface area contributed by atoms with E-state index in [1.807, 2.05) is 25.1 Å². The van der Waals surface area contributed by atoms with E-state index < -0.39 is 0 Å². The number of aromatic nitrogens is 4. The lowest BCUT2D eigenvalue weighted by Crippen LogP contribution is -2.36. The predicted octanol–water partition coefficient (Wildman–Crippen LogP) is 2.74. The number of amides is 1. The highest BCUT2D eigenvalue weighted by Gasteiger charge is 2.24. The van der Waals surface area contributed by atoms with Gasteiger partial charge < -0.3 is 4.90 Å². The fourth-order valence-corrected chi connectivity index (χ4v) is 3.80. The number of carbonyl (C=O) groups is 1.